The number of nitrogens with one attached hydrogen (secondary N) is 1. The lowest BCUT2D eigenvalue weighted by molar-refractivity contribution is -0.137. The molecule has 10 heteroatoms. The van der Waals surface area contributed by atoms with Gasteiger partial charge in [-0.25, -0.2) is 4.31 Å². The number of hydrogen-bond donors (Lipinski definition) is 3. The molecule has 1 aromatic heterocycles. The highest BCUT2D eigenvalue weighted by molar-refractivity contribution is 7.97. The number of piperidine rings is 1. The van der Waals surface area contributed by atoms with Crippen LogP contribution in [0.15, 0.2) is 71.8 Å². The largest absolute Gasteiger partial charge is 0.416 e. The molecule has 2 heterocycles. The molecule has 1 fully saturated rings. The normalized spacial score (nSPS) is 19.1. The van der Waals surface area contributed by atoms with Gasteiger partial charge in [0.15, 0.2) is 0 Å². The summed E-state index contributed by atoms with van der Waals surface area (Å²) in [6.07, 6.45) is -2.86. The van der Waals surface area contributed by atoms with Crippen molar-refractivity contribution < 1.29 is 23.1 Å². The Morgan fingerprint density at radius 1 is 1.09 bits per heavy atom. The zero-order chi connectivity index (χ0) is 24.3. The molecule has 0 spiro atoms. The van der Waals surface area contributed by atoms with Gasteiger partial charge in [0.2, 0.25) is 0 Å². The van der Waals surface area contributed by atoms with E-state index in [9.17, 15) is 23.1 Å². The Kier molecular flexibility index (Phi) is 7.11. The monoisotopic (exact) mass is 488 g/mol. The highest BCUT2D eigenvalue weighted by Crippen LogP contribution is 2.32. The van der Waals surface area contributed by atoms with Crippen molar-refractivity contribution >= 4 is 23.5 Å². The fraction of sp³-hybridized carbons (Fsp3) is 0.250. The Labute approximate surface area is 199 Å². The van der Waals surface area contributed by atoms with E-state index >= 15 is 0 Å². The molecule has 0 aliphatic carbocycles. The van der Waals surface area contributed by atoms with Crippen LogP contribution in [0.4, 0.5) is 18.9 Å². The zero-order valence-electron chi connectivity index (χ0n) is 18.0. The SMILES string of the molecule is NC(=O)c1cc(-c2ccc(SN3CCC(Nc4ccc(C(F)(F)F)cc4)C(O)C3)cc2)ccn1. The number of pyridine rings is 1. The highest BCUT2D eigenvalue weighted by Gasteiger charge is 2.31. The third kappa shape index (κ3) is 5.88. The first-order valence-electron chi connectivity index (χ1n) is 10.6. The van der Waals surface area contributed by atoms with Crippen molar-refractivity contribution in [2.45, 2.75) is 29.6 Å². The summed E-state index contributed by atoms with van der Waals surface area (Å²) < 4.78 is 40.2. The van der Waals surface area contributed by atoms with Crippen molar-refractivity contribution in [2.24, 2.45) is 5.73 Å². The third-order valence-electron chi connectivity index (χ3n) is 5.54. The maximum absolute atomic E-state index is 12.7. The number of aromatic nitrogens is 1. The van der Waals surface area contributed by atoms with Crippen LogP contribution in [0.25, 0.3) is 11.1 Å². The first-order chi connectivity index (χ1) is 16.2. The lowest BCUT2D eigenvalue weighted by atomic mass is 10.0. The molecule has 3 aromatic rings. The van der Waals surface area contributed by atoms with Crippen LogP contribution in [0.5, 0.6) is 0 Å². The summed E-state index contributed by atoms with van der Waals surface area (Å²) >= 11 is 1.53. The van der Waals surface area contributed by atoms with Gasteiger partial charge in [0, 0.05) is 29.9 Å². The number of primary amides is 1. The van der Waals surface area contributed by atoms with Crippen molar-refractivity contribution in [3.8, 4) is 11.1 Å². The van der Waals surface area contributed by atoms with E-state index in [4.69, 9.17) is 5.73 Å². The van der Waals surface area contributed by atoms with Crippen LogP contribution in [-0.4, -0.2) is 45.5 Å². The summed E-state index contributed by atoms with van der Waals surface area (Å²) in [4.78, 5) is 16.3. The average molecular weight is 489 g/mol. The molecule has 0 bridgehead atoms. The fourth-order valence-electron chi connectivity index (χ4n) is 3.73. The first kappa shape index (κ1) is 24.1. The summed E-state index contributed by atoms with van der Waals surface area (Å²) in [5.41, 5.74) is 7.11. The molecule has 2 unspecified atom stereocenters. The number of benzene rings is 2. The Bertz CT molecular complexity index is 1140. The molecule has 1 saturated heterocycles. The van der Waals surface area contributed by atoms with Crippen LogP contribution in [0, 0.1) is 0 Å². The number of aliphatic hydroxyl groups is 1. The van der Waals surface area contributed by atoms with E-state index in [0.717, 1.165) is 28.2 Å². The van der Waals surface area contributed by atoms with Crippen molar-refractivity contribution in [1.82, 2.24) is 9.29 Å². The minimum atomic E-state index is -4.37. The smallest absolute Gasteiger partial charge is 0.390 e. The van der Waals surface area contributed by atoms with Crippen LogP contribution in [0.2, 0.25) is 0 Å². The van der Waals surface area contributed by atoms with Gasteiger partial charge in [-0.2, -0.15) is 13.2 Å². The third-order valence-corrected chi connectivity index (χ3v) is 6.62. The molecule has 1 amide bonds. The minimum absolute atomic E-state index is 0.206. The van der Waals surface area contributed by atoms with E-state index in [-0.39, 0.29) is 11.7 Å². The van der Waals surface area contributed by atoms with Crippen LogP contribution >= 0.6 is 11.9 Å². The summed E-state index contributed by atoms with van der Waals surface area (Å²) in [6.45, 7) is 1.12. The first-order valence-corrected chi connectivity index (χ1v) is 11.4. The van der Waals surface area contributed by atoms with Crippen molar-refractivity contribution in [3.05, 3.63) is 78.1 Å². The number of nitrogens with zero attached hydrogens (tertiary/aromatic N) is 2. The van der Waals surface area contributed by atoms with E-state index in [1.165, 1.54) is 24.1 Å². The number of amides is 1. The van der Waals surface area contributed by atoms with Crippen LogP contribution in [-0.2, 0) is 6.18 Å². The van der Waals surface area contributed by atoms with Crippen molar-refractivity contribution in [1.29, 1.82) is 0 Å². The lowest BCUT2D eigenvalue weighted by Crippen LogP contribution is -2.47. The van der Waals surface area contributed by atoms with E-state index in [1.54, 1.807) is 18.3 Å². The zero-order valence-corrected chi connectivity index (χ0v) is 18.8. The second kappa shape index (κ2) is 10.0. The molecular weight excluding hydrogens is 465 g/mol. The molecular formula is C24H23F3N4O2S. The molecule has 6 nitrogen and oxygen atoms in total. The minimum Gasteiger partial charge on any atom is -0.390 e. The predicted molar refractivity (Wildman–Crippen MR) is 125 cm³/mol. The average Bonchev–Trinajstić information content (AvgIpc) is 2.81. The van der Waals surface area contributed by atoms with E-state index in [0.29, 0.717) is 25.2 Å². The van der Waals surface area contributed by atoms with E-state index in [1.807, 2.05) is 24.3 Å². The highest BCUT2D eigenvalue weighted by atomic mass is 32.2. The second-order valence-electron chi connectivity index (χ2n) is 7.98. The lowest BCUT2D eigenvalue weighted by Gasteiger charge is -2.36. The molecule has 1 aliphatic heterocycles. The molecule has 178 valence electrons. The van der Waals surface area contributed by atoms with Gasteiger partial charge in [0.05, 0.1) is 17.7 Å². The molecule has 2 aromatic carbocycles. The van der Waals surface area contributed by atoms with Gasteiger partial charge in [0.1, 0.15) is 5.69 Å². The Hall–Kier alpha value is -3.08. The number of rotatable bonds is 6. The van der Waals surface area contributed by atoms with Crippen LogP contribution < -0.4 is 11.1 Å². The summed E-state index contributed by atoms with van der Waals surface area (Å²) in [5.74, 6) is -0.580. The quantitative estimate of drug-likeness (QED) is 0.445. The number of aliphatic hydroxyl groups excluding tert-OH is 1. The van der Waals surface area contributed by atoms with Gasteiger partial charge < -0.3 is 16.2 Å². The van der Waals surface area contributed by atoms with E-state index in [2.05, 4.69) is 14.6 Å². The summed E-state index contributed by atoms with van der Waals surface area (Å²) in [6, 6.07) is 15.8. The molecule has 4 N–H and O–H groups in total. The molecule has 0 saturated carbocycles. The standard InChI is InChI=1S/C24H23F3N4O2S/c25-24(26,27)17-3-5-18(6-4-17)30-20-10-12-31(14-22(20)32)34-19-7-1-15(2-8-19)16-9-11-29-21(13-16)23(28)33/h1-9,11,13,20,22,30,32H,10,12,14H2,(H2,28,33). The Morgan fingerprint density at radius 2 is 1.79 bits per heavy atom. The van der Waals surface area contributed by atoms with Gasteiger partial charge in [-0.05, 0) is 78.0 Å². The molecule has 1 aliphatic rings. The van der Waals surface area contributed by atoms with Crippen LogP contribution in [0.1, 0.15) is 22.5 Å². The molecule has 34 heavy (non-hydrogen) atoms. The summed E-state index contributed by atoms with van der Waals surface area (Å²) in [7, 11) is 0. The molecule has 2 atom stereocenters. The molecule has 0 radical (unpaired) electrons. The number of β-amino-alcohol motifs (C(OH)–C–C–N with tert-alkyl or cyclic N) is 1. The predicted octanol–water partition coefficient (Wildman–Crippen LogP) is 4.42. The van der Waals surface area contributed by atoms with Gasteiger partial charge in [-0.3, -0.25) is 9.78 Å². The second-order valence-corrected chi connectivity index (χ2v) is 9.15. The number of nitrogens with two attached hydrogens (primary N) is 1. The number of anilines is 1. The van der Waals surface area contributed by atoms with Crippen molar-refractivity contribution in [2.75, 3.05) is 18.4 Å². The van der Waals surface area contributed by atoms with Gasteiger partial charge in [0.25, 0.3) is 5.91 Å². The van der Waals surface area contributed by atoms with Gasteiger partial charge in [-0.15, -0.1) is 0 Å². The van der Waals surface area contributed by atoms with Crippen LogP contribution in [0.3, 0.4) is 0 Å². The number of hydrogen-bond acceptors (Lipinski definition) is 6. The number of carbonyl (C=O) groups excluding carboxylic acids is 1. The fourth-order valence-corrected chi connectivity index (χ4v) is 4.71. The van der Waals surface area contributed by atoms with E-state index < -0.39 is 23.8 Å². The Balaban J connectivity index is 1.32. The number of halogens is 3. The number of carbonyl (C=O) groups is 1. The van der Waals surface area contributed by atoms with Gasteiger partial charge in [-0.1, -0.05) is 12.1 Å². The molecule has 4 rings (SSSR count). The maximum Gasteiger partial charge on any atom is 0.416 e. The maximum atomic E-state index is 12.7. The Morgan fingerprint density at radius 3 is 2.41 bits per heavy atom. The topological polar surface area (TPSA) is 91.5 Å². The van der Waals surface area contributed by atoms with Gasteiger partial charge >= 0.3 is 6.18 Å². The number of alkyl halides is 3. The summed E-state index contributed by atoms with van der Waals surface area (Å²) in [5, 5.41) is 13.7. The van der Waals surface area contributed by atoms with Crippen molar-refractivity contribution in [3.63, 3.8) is 0 Å².